The van der Waals surface area contributed by atoms with Crippen LogP contribution in [0.25, 0.3) is 23.0 Å². The first kappa shape index (κ1) is 25.3. The zero-order valence-corrected chi connectivity index (χ0v) is 21.8. The summed E-state index contributed by atoms with van der Waals surface area (Å²) in [6, 6.07) is 14.8. The third-order valence-corrected chi connectivity index (χ3v) is 7.48. The molecule has 7 heteroatoms. The van der Waals surface area contributed by atoms with Crippen molar-refractivity contribution in [3.63, 3.8) is 0 Å². The first-order valence-electron chi connectivity index (χ1n) is 12.1. The highest BCUT2D eigenvalue weighted by Gasteiger charge is 2.32. The quantitative estimate of drug-likeness (QED) is 0.161. The monoisotopic (exact) mass is 507 g/mol. The maximum absolute atomic E-state index is 14.4. The molecule has 1 fully saturated rings. The van der Waals surface area contributed by atoms with Gasteiger partial charge in [-0.1, -0.05) is 93.3 Å². The van der Waals surface area contributed by atoms with E-state index in [-0.39, 0.29) is 11.7 Å². The van der Waals surface area contributed by atoms with Crippen molar-refractivity contribution in [2.24, 2.45) is 0 Å². The molecule has 0 radical (unpaired) electrons. The predicted octanol–water partition coefficient (Wildman–Crippen LogP) is 7.55. The number of benzene rings is 2. The molecule has 0 N–H and O–H groups in total. The van der Waals surface area contributed by atoms with Gasteiger partial charge in [0.1, 0.15) is 15.8 Å². The molecule has 1 aromatic heterocycles. The van der Waals surface area contributed by atoms with Gasteiger partial charge in [0, 0.05) is 23.9 Å². The van der Waals surface area contributed by atoms with Gasteiger partial charge >= 0.3 is 0 Å². The van der Waals surface area contributed by atoms with Crippen molar-refractivity contribution in [1.29, 1.82) is 0 Å². The fourth-order valence-corrected chi connectivity index (χ4v) is 5.35. The number of carbonyl (C=O) groups excluding carboxylic acids is 1. The molecule has 1 aliphatic rings. The lowest BCUT2D eigenvalue weighted by Gasteiger charge is -2.13. The van der Waals surface area contributed by atoms with Gasteiger partial charge in [0.05, 0.1) is 10.6 Å². The highest BCUT2D eigenvalue weighted by atomic mass is 32.2. The predicted molar refractivity (Wildman–Crippen MR) is 147 cm³/mol. The van der Waals surface area contributed by atoms with Crippen molar-refractivity contribution in [3.05, 3.63) is 76.6 Å². The minimum Gasteiger partial charge on any atom is -0.293 e. The molecule has 0 unspecified atom stereocenters. The van der Waals surface area contributed by atoms with Crippen molar-refractivity contribution in [2.45, 2.75) is 52.4 Å². The fourth-order valence-electron chi connectivity index (χ4n) is 4.05. The number of hydrogen-bond donors (Lipinski definition) is 0. The molecule has 4 nitrogen and oxygen atoms in total. The largest absolute Gasteiger partial charge is 0.293 e. The van der Waals surface area contributed by atoms with E-state index in [1.54, 1.807) is 22.6 Å². The number of amides is 1. The second-order valence-corrected chi connectivity index (χ2v) is 10.5. The topological polar surface area (TPSA) is 38.1 Å². The lowest BCUT2D eigenvalue weighted by atomic mass is 10.1. The summed E-state index contributed by atoms with van der Waals surface area (Å²) >= 11 is 6.85. The van der Waals surface area contributed by atoms with Crippen LogP contribution < -0.4 is 0 Å². The van der Waals surface area contributed by atoms with Crippen LogP contribution in [-0.4, -0.2) is 31.5 Å². The van der Waals surface area contributed by atoms with Gasteiger partial charge in [-0.2, -0.15) is 5.10 Å². The van der Waals surface area contributed by atoms with E-state index in [1.165, 1.54) is 43.5 Å². The number of rotatable bonds is 10. The van der Waals surface area contributed by atoms with Gasteiger partial charge in [-0.15, -0.1) is 0 Å². The highest BCUT2D eigenvalue weighted by Crippen LogP contribution is 2.35. The van der Waals surface area contributed by atoms with Crippen LogP contribution >= 0.6 is 24.0 Å². The lowest BCUT2D eigenvalue weighted by Crippen LogP contribution is -2.29. The zero-order chi connectivity index (χ0) is 24.8. The van der Waals surface area contributed by atoms with Crippen LogP contribution in [0.5, 0.6) is 0 Å². The van der Waals surface area contributed by atoms with E-state index < -0.39 is 0 Å². The Morgan fingerprint density at radius 2 is 1.80 bits per heavy atom. The molecular weight excluding hydrogens is 477 g/mol. The van der Waals surface area contributed by atoms with E-state index in [0.717, 1.165) is 24.1 Å². The molecule has 182 valence electrons. The molecule has 1 amide bonds. The molecule has 3 aromatic rings. The minimum atomic E-state index is -0.284. The molecule has 1 saturated heterocycles. The van der Waals surface area contributed by atoms with E-state index in [9.17, 15) is 9.18 Å². The zero-order valence-electron chi connectivity index (χ0n) is 20.2. The lowest BCUT2D eigenvalue weighted by molar-refractivity contribution is -0.122. The van der Waals surface area contributed by atoms with Crippen molar-refractivity contribution >= 4 is 40.3 Å². The van der Waals surface area contributed by atoms with Gasteiger partial charge in [-0.05, 0) is 43.2 Å². The van der Waals surface area contributed by atoms with Crippen LogP contribution in [0.2, 0.25) is 0 Å². The van der Waals surface area contributed by atoms with Crippen molar-refractivity contribution in [1.82, 2.24) is 14.7 Å². The second-order valence-electron chi connectivity index (χ2n) is 8.78. The average molecular weight is 508 g/mol. The summed E-state index contributed by atoms with van der Waals surface area (Å²) in [6.07, 6.45) is 10.7. The van der Waals surface area contributed by atoms with Gasteiger partial charge < -0.3 is 0 Å². The number of thiocarbonyl (C=S) groups is 1. The summed E-state index contributed by atoms with van der Waals surface area (Å²) in [6.45, 7) is 4.59. The number of carbonyl (C=O) groups is 1. The van der Waals surface area contributed by atoms with Gasteiger partial charge in [0.2, 0.25) is 0 Å². The number of aromatic nitrogens is 2. The Bertz CT molecular complexity index is 1240. The Balaban J connectivity index is 1.60. The van der Waals surface area contributed by atoms with Crippen LogP contribution in [0, 0.1) is 12.7 Å². The van der Waals surface area contributed by atoms with Crippen LogP contribution in [0.4, 0.5) is 4.39 Å². The number of halogens is 1. The van der Waals surface area contributed by atoms with Gasteiger partial charge in [0.25, 0.3) is 5.91 Å². The van der Waals surface area contributed by atoms with Crippen LogP contribution in [0.15, 0.2) is 59.6 Å². The highest BCUT2D eigenvalue weighted by molar-refractivity contribution is 8.26. The Morgan fingerprint density at radius 1 is 1.06 bits per heavy atom. The number of unbranched alkanes of at least 4 members (excludes halogenated alkanes) is 5. The number of thioether (sulfide) groups is 1. The number of hydrogen-bond acceptors (Lipinski definition) is 4. The van der Waals surface area contributed by atoms with Gasteiger partial charge in [0.15, 0.2) is 0 Å². The second kappa shape index (κ2) is 11.8. The molecular formula is C28H30FN3OS2. The third kappa shape index (κ3) is 6.08. The molecule has 1 aliphatic heterocycles. The number of nitrogens with zero attached hydrogens (tertiary/aromatic N) is 3. The molecule has 0 bridgehead atoms. The Hall–Kier alpha value is -2.77. The minimum absolute atomic E-state index is 0.0675. The van der Waals surface area contributed by atoms with E-state index in [1.807, 2.05) is 48.7 Å². The van der Waals surface area contributed by atoms with E-state index in [0.29, 0.717) is 32.6 Å². The smallest absolute Gasteiger partial charge is 0.266 e. The van der Waals surface area contributed by atoms with Crippen molar-refractivity contribution in [3.8, 4) is 16.9 Å². The van der Waals surface area contributed by atoms with E-state index >= 15 is 0 Å². The summed E-state index contributed by atoms with van der Waals surface area (Å²) < 4.78 is 16.7. The fraction of sp³-hybridized carbons (Fsp3) is 0.321. The number of aryl methyl sites for hydroxylation is 1. The maximum atomic E-state index is 14.4. The summed E-state index contributed by atoms with van der Waals surface area (Å²) in [7, 11) is 0. The number of para-hydroxylation sites is 1. The molecule has 0 saturated carbocycles. The van der Waals surface area contributed by atoms with E-state index in [2.05, 4.69) is 6.92 Å². The first-order chi connectivity index (χ1) is 17.0. The average Bonchev–Trinajstić information content (AvgIpc) is 3.39. The molecule has 4 rings (SSSR count). The molecule has 2 heterocycles. The summed E-state index contributed by atoms with van der Waals surface area (Å²) in [5.74, 6) is -0.352. The normalized spacial score (nSPS) is 14.9. The molecule has 2 aromatic carbocycles. The molecule has 0 spiro atoms. The van der Waals surface area contributed by atoms with Crippen LogP contribution in [0.3, 0.4) is 0 Å². The summed E-state index contributed by atoms with van der Waals surface area (Å²) in [5.41, 5.74) is 3.49. The van der Waals surface area contributed by atoms with Gasteiger partial charge in [-0.25, -0.2) is 9.07 Å². The maximum Gasteiger partial charge on any atom is 0.266 e. The van der Waals surface area contributed by atoms with E-state index in [4.69, 9.17) is 17.3 Å². The molecule has 0 aliphatic carbocycles. The molecule has 0 atom stereocenters. The standard InChI is InChI=1S/C28H30FN3OS2/c1-3-4-5-6-7-11-16-31-27(33)25(35-28(31)34)18-22-19-32(23-12-9-8-10-13-23)30-26(22)21-15-14-20(2)24(29)17-21/h8-10,12-15,17-19H,3-7,11,16H2,1-2H3. The Kier molecular flexibility index (Phi) is 8.52. The third-order valence-electron chi connectivity index (χ3n) is 6.10. The Labute approximate surface area is 216 Å². The van der Waals surface area contributed by atoms with Crippen LogP contribution in [-0.2, 0) is 4.79 Å². The van der Waals surface area contributed by atoms with Crippen molar-refractivity contribution in [2.75, 3.05) is 6.54 Å². The summed E-state index contributed by atoms with van der Waals surface area (Å²) in [5, 5.41) is 4.75. The Morgan fingerprint density at radius 3 is 2.54 bits per heavy atom. The molecule has 35 heavy (non-hydrogen) atoms. The first-order valence-corrected chi connectivity index (χ1v) is 13.4. The summed E-state index contributed by atoms with van der Waals surface area (Å²) in [4.78, 5) is 15.5. The van der Waals surface area contributed by atoms with Gasteiger partial charge in [-0.3, -0.25) is 9.69 Å². The van der Waals surface area contributed by atoms with Crippen molar-refractivity contribution < 1.29 is 9.18 Å². The van der Waals surface area contributed by atoms with Crippen LogP contribution in [0.1, 0.15) is 56.6 Å². The SMILES string of the molecule is CCCCCCCCN1C(=O)C(=Cc2cn(-c3ccccc3)nc2-c2ccc(C)c(F)c2)SC1=S.